The van der Waals surface area contributed by atoms with Crippen molar-refractivity contribution in [1.29, 1.82) is 0 Å². The number of pyridine rings is 1. The first-order valence-electron chi connectivity index (χ1n) is 5.22. The zero-order valence-electron chi connectivity index (χ0n) is 9.30. The second kappa shape index (κ2) is 5.46. The Balaban J connectivity index is 2.11. The van der Waals surface area contributed by atoms with E-state index in [9.17, 15) is 5.11 Å². The molecule has 0 saturated carbocycles. The van der Waals surface area contributed by atoms with Crippen molar-refractivity contribution < 1.29 is 9.84 Å². The molecule has 4 heteroatoms. The molecule has 1 unspecified atom stereocenters. The van der Waals surface area contributed by atoms with E-state index in [2.05, 4.69) is 27.6 Å². The van der Waals surface area contributed by atoms with Crippen molar-refractivity contribution in [3.63, 3.8) is 0 Å². The Morgan fingerprint density at radius 3 is 2.41 bits per heavy atom. The van der Waals surface area contributed by atoms with Gasteiger partial charge in [0, 0.05) is 15.8 Å². The molecule has 1 aromatic heterocycles. The van der Waals surface area contributed by atoms with E-state index in [1.165, 1.54) is 0 Å². The Kier molecular flexibility index (Phi) is 3.96. The molecule has 0 aliphatic carbocycles. The van der Waals surface area contributed by atoms with E-state index in [1.54, 1.807) is 25.3 Å². The van der Waals surface area contributed by atoms with Crippen molar-refractivity contribution in [2.24, 2.45) is 0 Å². The molecular weight excluding hydrogens is 329 g/mol. The highest BCUT2D eigenvalue weighted by molar-refractivity contribution is 14.1. The van der Waals surface area contributed by atoms with Crippen LogP contribution in [0.25, 0.3) is 0 Å². The van der Waals surface area contributed by atoms with Crippen molar-refractivity contribution in [2.75, 3.05) is 0 Å². The van der Waals surface area contributed by atoms with Gasteiger partial charge in [-0.25, -0.2) is 4.98 Å². The number of hydrogen-bond donors (Lipinski definition) is 1. The van der Waals surface area contributed by atoms with Crippen LogP contribution in [0.1, 0.15) is 18.6 Å². The van der Waals surface area contributed by atoms with Gasteiger partial charge in [-0.2, -0.15) is 0 Å². The molecule has 1 heterocycles. The quantitative estimate of drug-likeness (QED) is 0.869. The fourth-order valence-electron chi connectivity index (χ4n) is 1.32. The Morgan fingerprint density at radius 2 is 1.88 bits per heavy atom. The third kappa shape index (κ3) is 3.41. The SMILES string of the molecule is CC(O)c1ccc(Oc2ccc(I)cc2)nc1. The fraction of sp³-hybridized carbons (Fsp3) is 0.154. The first-order chi connectivity index (χ1) is 8.15. The topological polar surface area (TPSA) is 42.4 Å². The minimum atomic E-state index is -0.505. The van der Waals surface area contributed by atoms with E-state index in [4.69, 9.17) is 4.74 Å². The third-order valence-corrected chi connectivity index (χ3v) is 3.00. The van der Waals surface area contributed by atoms with Crippen molar-refractivity contribution in [2.45, 2.75) is 13.0 Å². The van der Waals surface area contributed by atoms with E-state index in [0.29, 0.717) is 5.88 Å². The van der Waals surface area contributed by atoms with Crippen LogP contribution >= 0.6 is 22.6 Å². The van der Waals surface area contributed by atoms with Gasteiger partial charge in [0.2, 0.25) is 5.88 Å². The minimum Gasteiger partial charge on any atom is -0.439 e. The first-order valence-corrected chi connectivity index (χ1v) is 6.30. The molecule has 0 aliphatic rings. The molecule has 88 valence electrons. The van der Waals surface area contributed by atoms with Crippen molar-refractivity contribution in [1.82, 2.24) is 4.98 Å². The highest BCUT2D eigenvalue weighted by Gasteiger charge is 2.02. The summed E-state index contributed by atoms with van der Waals surface area (Å²) in [7, 11) is 0. The van der Waals surface area contributed by atoms with Gasteiger partial charge in [0.1, 0.15) is 5.75 Å². The summed E-state index contributed by atoms with van der Waals surface area (Å²) in [5, 5.41) is 9.35. The molecule has 0 radical (unpaired) electrons. The van der Waals surface area contributed by atoms with Crippen LogP contribution in [0.2, 0.25) is 0 Å². The number of aliphatic hydroxyl groups is 1. The predicted octanol–water partition coefficient (Wildman–Crippen LogP) is 3.53. The summed E-state index contributed by atoms with van der Waals surface area (Å²) in [5.74, 6) is 1.28. The van der Waals surface area contributed by atoms with Crippen LogP contribution < -0.4 is 4.74 Å². The highest BCUT2D eigenvalue weighted by atomic mass is 127. The molecule has 2 rings (SSSR count). The maximum absolute atomic E-state index is 9.35. The normalized spacial score (nSPS) is 12.2. The third-order valence-electron chi connectivity index (χ3n) is 2.28. The summed E-state index contributed by atoms with van der Waals surface area (Å²) in [6, 6.07) is 11.3. The molecule has 1 N–H and O–H groups in total. The van der Waals surface area contributed by atoms with Gasteiger partial charge in [-0.15, -0.1) is 0 Å². The Morgan fingerprint density at radius 1 is 1.18 bits per heavy atom. The largest absolute Gasteiger partial charge is 0.439 e. The molecule has 0 saturated heterocycles. The number of aromatic nitrogens is 1. The van der Waals surface area contributed by atoms with E-state index < -0.39 is 6.10 Å². The van der Waals surface area contributed by atoms with Gasteiger partial charge in [0.25, 0.3) is 0 Å². The lowest BCUT2D eigenvalue weighted by molar-refractivity contribution is 0.198. The van der Waals surface area contributed by atoms with Gasteiger partial charge in [-0.3, -0.25) is 0 Å². The van der Waals surface area contributed by atoms with E-state index >= 15 is 0 Å². The van der Waals surface area contributed by atoms with Crippen LogP contribution in [0.3, 0.4) is 0 Å². The maximum Gasteiger partial charge on any atom is 0.219 e. The van der Waals surface area contributed by atoms with Crippen LogP contribution in [-0.4, -0.2) is 10.1 Å². The van der Waals surface area contributed by atoms with Gasteiger partial charge < -0.3 is 9.84 Å². The van der Waals surface area contributed by atoms with Gasteiger partial charge in [-0.1, -0.05) is 0 Å². The number of nitrogens with zero attached hydrogens (tertiary/aromatic N) is 1. The van der Waals surface area contributed by atoms with Crippen molar-refractivity contribution in [3.05, 3.63) is 51.7 Å². The van der Waals surface area contributed by atoms with Crippen LogP contribution in [0.4, 0.5) is 0 Å². The number of aliphatic hydroxyl groups excluding tert-OH is 1. The maximum atomic E-state index is 9.35. The van der Waals surface area contributed by atoms with Crippen molar-refractivity contribution >= 4 is 22.6 Å². The van der Waals surface area contributed by atoms with E-state index in [0.717, 1.165) is 14.9 Å². The lowest BCUT2D eigenvalue weighted by Crippen LogP contribution is -1.93. The molecule has 1 atom stereocenters. The molecule has 0 fully saturated rings. The van der Waals surface area contributed by atoms with Crippen molar-refractivity contribution in [3.8, 4) is 11.6 Å². The molecule has 0 aliphatic heterocycles. The second-order valence-electron chi connectivity index (χ2n) is 3.66. The Bertz CT molecular complexity index is 480. The number of benzene rings is 1. The average Bonchev–Trinajstić information content (AvgIpc) is 2.33. The molecule has 3 nitrogen and oxygen atoms in total. The molecule has 17 heavy (non-hydrogen) atoms. The average molecular weight is 341 g/mol. The van der Waals surface area contributed by atoms with E-state index in [1.807, 2.05) is 24.3 Å². The van der Waals surface area contributed by atoms with Gasteiger partial charge >= 0.3 is 0 Å². The van der Waals surface area contributed by atoms with Crippen LogP contribution in [0.15, 0.2) is 42.6 Å². The standard InChI is InChI=1S/C13H12INO2/c1-9(16)10-2-7-13(15-8-10)17-12-5-3-11(14)4-6-12/h2-9,16H,1H3. The number of ether oxygens (including phenoxy) is 1. The molecule has 0 bridgehead atoms. The summed E-state index contributed by atoms with van der Waals surface area (Å²) in [5.41, 5.74) is 0.778. The molecular formula is C13H12INO2. The highest BCUT2D eigenvalue weighted by Crippen LogP contribution is 2.21. The summed E-state index contributed by atoms with van der Waals surface area (Å²) in [4.78, 5) is 4.13. The Labute approximate surface area is 114 Å². The van der Waals surface area contributed by atoms with Gasteiger partial charge in [0.05, 0.1) is 6.10 Å². The monoisotopic (exact) mass is 341 g/mol. The smallest absolute Gasteiger partial charge is 0.219 e. The molecule has 1 aromatic carbocycles. The zero-order chi connectivity index (χ0) is 12.3. The van der Waals surface area contributed by atoms with Crippen LogP contribution in [-0.2, 0) is 0 Å². The minimum absolute atomic E-state index is 0.505. The zero-order valence-corrected chi connectivity index (χ0v) is 11.5. The lowest BCUT2D eigenvalue weighted by atomic mass is 10.2. The summed E-state index contributed by atoms with van der Waals surface area (Å²) >= 11 is 2.24. The summed E-state index contributed by atoms with van der Waals surface area (Å²) in [6.45, 7) is 1.71. The Hall–Kier alpha value is -1.14. The first kappa shape index (κ1) is 12.3. The molecule has 0 amide bonds. The van der Waals surface area contributed by atoms with Crippen LogP contribution in [0, 0.1) is 3.57 Å². The molecule has 2 aromatic rings. The van der Waals surface area contributed by atoms with Crippen LogP contribution in [0.5, 0.6) is 11.6 Å². The predicted molar refractivity (Wildman–Crippen MR) is 74.1 cm³/mol. The number of rotatable bonds is 3. The molecule has 0 spiro atoms. The van der Waals surface area contributed by atoms with Gasteiger partial charge in [0.15, 0.2) is 0 Å². The van der Waals surface area contributed by atoms with E-state index in [-0.39, 0.29) is 0 Å². The fourth-order valence-corrected chi connectivity index (χ4v) is 1.68. The van der Waals surface area contributed by atoms with Gasteiger partial charge in [-0.05, 0) is 65.4 Å². The summed E-state index contributed by atoms with van der Waals surface area (Å²) in [6.07, 6.45) is 1.11. The summed E-state index contributed by atoms with van der Waals surface area (Å²) < 4.78 is 6.73. The second-order valence-corrected chi connectivity index (χ2v) is 4.91. The number of hydrogen-bond acceptors (Lipinski definition) is 3. The number of halogens is 1. The lowest BCUT2D eigenvalue weighted by Gasteiger charge is -2.07.